The minimum atomic E-state index is -2.29. The van der Waals surface area contributed by atoms with Crippen molar-refractivity contribution in [3.05, 3.63) is 0 Å². The van der Waals surface area contributed by atoms with Gasteiger partial charge in [-0.05, 0) is 0 Å². The predicted molar refractivity (Wildman–Crippen MR) is 151 cm³/mol. The van der Waals surface area contributed by atoms with Gasteiger partial charge < -0.3 is 106 Å². The van der Waals surface area contributed by atoms with Crippen molar-refractivity contribution in [1.29, 1.82) is 0 Å². The molecule has 0 saturated carbocycles. The Kier molecular flexibility index (Phi) is 15.1. The summed E-state index contributed by atoms with van der Waals surface area (Å²) in [4.78, 5) is 36.1. The Labute approximate surface area is 281 Å². The van der Waals surface area contributed by atoms with Crippen LogP contribution < -0.4 is 11.1 Å². The maximum Gasteiger partial charge on any atom is 0.335 e. The fraction of sp³-hybridized carbons (Fsp3) is 0.885. The van der Waals surface area contributed by atoms with Crippen molar-refractivity contribution in [3.8, 4) is 0 Å². The van der Waals surface area contributed by atoms with Gasteiger partial charge in [-0.25, -0.2) is 9.59 Å². The number of amides is 1. The van der Waals surface area contributed by atoms with Gasteiger partial charge in [0.15, 0.2) is 31.1 Å². The van der Waals surface area contributed by atoms with Crippen LogP contribution in [0.4, 0.5) is 0 Å². The van der Waals surface area contributed by atoms with Crippen LogP contribution in [0.2, 0.25) is 0 Å². The van der Waals surface area contributed by atoms with E-state index >= 15 is 0 Å². The number of rotatable bonds is 15. The lowest BCUT2D eigenvalue weighted by atomic mass is 9.94. The molecule has 24 nitrogen and oxygen atoms in total. The molecule has 19 atom stereocenters. The van der Waals surface area contributed by atoms with Crippen LogP contribution in [0.25, 0.3) is 0 Å². The number of carbonyl (C=O) groups excluding carboxylic acids is 1. The zero-order valence-electron chi connectivity index (χ0n) is 26.2. The molecule has 3 saturated heterocycles. The number of nitrogens with one attached hydrogen (secondary N) is 1. The van der Waals surface area contributed by atoms with Gasteiger partial charge in [-0.15, -0.1) is 0 Å². The molecule has 3 heterocycles. The second-order valence-corrected chi connectivity index (χ2v) is 11.8. The van der Waals surface area contributed by atoms with Gasteiger partial charge in [0.05, 0.1) is 25.9 Å². The first-order chi connectivity index (χ1) is 23.4. The standard InChI is InChI=1S/C26H44N2O22/c1-5(32)28-9-18(47-25-15(39)12(36)13(37)20(49-25)22(41)42)11(35)8(4-31)45-24(9)48-19-14(38)16(40)26(50-21(19)23(43)44)46-17(6(27)2-29)10(34)7(33)3-30/h6-21,24-26,29-31,33-40H,2-4,27H2,1H3,(H,28,32)(H,41,42)(H,43,44)/t6?,7?,8?,9?,10-,11-,12?,13+,14?,15?,16?,17?,18?,19+,20?,21?,24+,25-,26-/m1/s1. The van der Waals surface area contributed by atoms with Crippen LogP contribution in [-0.2, 0) is 42.8 Å². The Balaban J connectivity index is 1.93. The molecule has 3 fully saturated rings. The van der Waals surface area contributed by atoms with Crippen LogP contribution in [0.1, 0.15) is 6.92 Å². The summed E-state index contributed by atoms with van der Waals surface area (Å²) in [5.41, 5.74) is 5.72. The summed E-state index contributed by atoms with van der Waals surface area (Å²) >= 11 is 0. The van der Waals surface area contributed by atoms with E-state index in [0.29, 0.717) is 0 Å². The molecule has 1 amide bonds. The van der Waals surface area contributed by atoms with E-state index in [9.17, 15) is 80.8 Å². The van der Waals surface area contributed by atoms with Crippen molar-refractivity contribution in [3.63, 3.8) is 0 Å². The van der Waals surface area contributed by atoms with Crippen molar-refractivity contribution in [1.82, 2.24) is 5.32 Å². The van der Waals surface area contributed by atoms with Gasteiger partial charge in [-0.3, -0.25) is 4.79 Å². The average Bonchev–Trinajstić information content (AvgIpc) is 3.07. The molecule has 16 N–H and O–H groups in total. The van der Waals surface area contributed by atoms with Crippen LogP contribution >= 0.6 is 0 Å². The van der Waals surface area contributed by atoms with Crippen LogP contribution in [0.15, 0.2) is 0 Å². The molecule has 0 aromatic carbocycles. The van der Waals surface area contributed by atoms with Crippen molar-refractivity contribution in [2.45, 2.75) is 123 Å². The van der Waals surface area contributed by atoms with Gasteiger partial charge >= 0.3 is 11.9 Å². The second-order valence-electron chi connectivity index (χ2n) is 11.8. The van der Waals surface area contributed by atoms with Gasteiger partial charge in [0.1, 0.15) is 79.3 Å². The van der Waals surface area contributed by atoms with E-state index in [-0.39, 0.29) is 0 Å². The molecule has 12 unspecified atom stereocenters. The normalized spacial score (nSPS) is 41.8. The summed E-state index contributed by atoms with van der Waals surface area (Å²) in [6.07, 6.45) is -35.2. The third-order valence-corrected chi connectivity index (χ3v) is 8.25. The monoisotopic (exact) mass is 736 g/mol. The molecule has 0 bridgehead atoms. The summed E-state index contributed by atoms with van der Waals surface area (Å²) in [5, 5.41) is 134. The smallest absolute Gasteiger partial charge is 0.335 e. The molecular weight excluding hydrogens is 692 g/mol. The molecule has 3 aliphatic rings. The van der Waals surface area contributed by atoms with E-state index < -0.39 is 154 Å². The van der Waals surface area contributed by atoms with E-state index in [0.717, 1.165) is 6.92 Å². The SMILES string of the molecule is CC(=O)NC1C(O[C@@H]2OC(C(=O)O)[C@@H](O)C(O)C2O)[C@H](O)C(CO)O[C@H]1O[C@@H]1C(C(=O)O)O[C@@H](OC(C(N)CO)[C@H](O)C(O)CO)C(O)C1O. The summed E-state index contributed by atoms with van der Waals surface area (Å²) in [6.45, 7) is -1.95. The quantitative estimate of drug-likeness (QED) is 0.0742. The zero-order valence-corrected chi connectivity index (χ0v) is 26.2. The molecule has 290 valence electrons. The summed E-state index contributed by atoms with van der Waals surface area (Å²) in [6, 6.07) is -3.30. The molecule has 0 aromatic rings. The van der Waals surface area contributed by atoms with E-state index in [1.165, 1.54) is 0 Å². The second kappa shape index (κ2) is 17.9. The van der Waals surface area contributed by atoms with E-state index in [2.05, 4.69) is 5.32 Å². The number of aliphatic hydroxyl groups is 11. The Bertz CT molecular complexity index is 1140. The van der Waals surface area contributed by atoms with Crippen molar-refractivity contribution in [2.24, 2.45) is 5.73 Å². The van der Waals surface area contributed by atoms with Gasteiger partial charge in [-0.1, -0.05) is 0 Å². The number of carboxylic acids is 2. The Hall–Kier alpha value is -2.31. The highest BCUT2D eigenvalue weighted by molar-refractivity contribution is 5.74. The highest BCUT2D eigenvalue weighted by Crippen LogP contribution is 2.33. The van der Waals surface area contributed by atoms with Crippen molar-refractivity contribution >= 4 is 17.8 Å². The summed E-state index contributed by atoms with van der Waals surface area (Å²) in [7, 11) is 0. The topological polar surface area (TPSA) is 408 Å². The van der Waals surface area contributed by atoms with E-state index in [1.807, 2.05) is 0 Å². The maximum atomic E-state index is 12.3. The molecule has 0 spiro atoms. The Morgan fingerprint density at radius 1 is 0.720 bits per heavy atom. The van der Waals surface area contributed by atoms with Crippen LogP contribution in [0.3, 0.4) is 0 Å². The lowest BCUT2D eigenvalue weighted by Crippen LogP contribution is -2.70. The van der Waals surface area contributed by atoms with Crippen molar-refractivity contribution in [2.75, 3.05) is 19.8 Å². The Morgan fingerprint density at radius 2 is 1.28 bits per heavy atom. The van der Waals surface area contributed by atoms with Gasteiger partial charge in [-0.2, -0.15) is 0 Å². The minimum Gasteiger partial charge on any atom is -0.479 e. The molecule has 3 aliphatic heterocycles. The molecule has 24 heteroatoms. The largest absolute Gasteiger partial charge is 0.479 e. The summed E-state index contributed by atoms with van der Waals surface area (Å²) < 4.78 is 32.5. The van der Waals surface area contributed by atoms with E-state index in [4.69, 9.17) is 34.2 Å². The van der Waals surface area contributed by atoms with Gasteiger partial charge in [0.2, 0.25) is 5.91 Å². The number of carboxylic acid groups (broad SMARTS) is 2. The highest BCUT2D eigenvalue weighted by atomic mass is 16.8. The first-order valence-corrected chi connectivity index (χ1v) is 15.1. The highest BCUT2D eigenvalue weighted by Gasteiger charge is 2.56. The molecule has 0 aliphatic carbocycles. The van der Waals surface area contributed by atoms with Crippen LogP contribution in [0, 0.1) is 0 Å². The number of carbonyl (C=O) groups is 3. The predicted octanol–water partition coefficient (Wildman–Crippen LogP) is -9.82. The number of hydrogen-bond acceptors (Lipinski definition) is 21. The van der Waals surface area contributed by atoms with Gasteiger partial charge in [0.25, 0.3) is 0 Å². The third-order valence-electron chi connectivity index (χ3n) is 8.25. The number of aliphatic carboxylic acids is 2. The fourth-order valence-electron chi connectivity index (χ4n) is 5.53. The molecular formula is C26H44N2O22. The van der Waals surface area contributed by atoms with Crippen LogP contribution in [-0.4, -0.2) is 220 Å². The lowest BCUT2D eigenvalue weighted by Gasteiger charge is -2.49. The zero-order chi connectivity index (χ0) is 37.8. The summed E-state index contributed by atoms with van der Waals surface area (Å²) in [5.74, 6) is -4.52. The molecule has 0 radical (unpaired) electrons. The fourth-order valence-corrected chi connectivity index (χ4v) is 5.53. The first-order valence-electron chi connectivity index (χ1n) is 15.1. The van der Waals surface area contributed by atoms with Crippen molar-refractivity contribution < 1.29 is 109 Å². The average molecular weight is 737 g/mol. The maximum absolute atomic E-state index is 12.3. The number of aliphatic hydroxyl groups excluding tert-OH is 11. The molecule has 0 aromatic heterocycles. The number of nitrogens with two attached hydrogens (primary N) is 1. The van der Waals surface area contributed by atoms with E-state index in [1.54, 1.807) is 0 Å². The lowest BCUT2D eigenvalue weighted by molar-refractivity contribution is -0.364. The number of ether oxygens (including phenoxy) is 6. The van der Waals surface area contributed by atoms with Gasteiger partial charge in [0, 0.05) is 6.92 Å². The third kappa shape index (κ3) is 9.18. The molecule has 3 rings (SSSR count). The minimum absolute atomic E-state index is 0.877. The first kappa shape index (κ1) is 42.1. The molecule has 50 heavy (non-hydrogen) atoms. The Morgan fingerprint density at radius 3 is 1.80 bits per heavy atom. The number of hydrogen-bond donors (Lipinski definition) is 15. The van der Waals surface area contributed by atoms with Crippen LogP contribution in [0.5, 0.6) is 0 Å².